The van der Waals surface area contributed by atoms with Gasteiger partial charge in [0.1, 0.15) is 6.61 Å². The Kier molecular flexibility index (Phi) is 8.57. The Hall–Kier alpha value is -4.03. The van der Waals surface area contributed by atoms with Gasteiger partial charge >= 0.3 is 5.97 Å². The van der Waals surface area contributed by atoms with Crippen molar-refractivity contribution in [3.63, 3.8) is 0 Å². The lowest BCUT2D eigenvalue weighted by atomic mass is 9.62. The van der Waals surface area contributed by atoms with E-state index in [4.69, 9.17) is 4.74 Å². The van der Waals surface area contributed by atoms with E-state index in [1.54, 1.807) is 31.2 Å². The number of likely N-dealkylation sites (tertiary alicyclic amines) is 1. The molecule has 6 nitrogen and oxygen atoms in total. The van der Waals surface area contributed by atoms with Crippen LogP contribution in [0.3, 0.4) is 0 Å². The zero-order valence-corrected chi connectivity index (χ0v) is 24.9. The highest BCUT2D eigenvalue weighted by Crippen LogP contribution is 2.49. The molecule has 0 spiro atoms. The molecule has 2 heterocycles. The average Bonchev–Trinajstić information content (AvgIpc) is 3.27. The summed E-state index contributed by atoms with van der Waals surface area (Å²) in [6.07, 6.45) is 7.78. The zero-order chi connectivity index (χ0) is 29.8. The Balaban J connectivity index is 1.24. The number of benzene rings is 3. The van der Waals surface area contributed by atoms with Crippen LogP contribution in [0.2, 0.25) is 0 Å². The van der Waals surface area contributed by atoms with Gasteiger partial charge in [0.15, 0.2) is 0 Å². The van der Waals surface area contributed by atoms with Crippen LogP contribution in [0.5, 0.6) is 0 Å². The second-order valence-electron chi connectivity index (χ2n) is 12.5. The fourth-order valence-electron chi connectivity index (χ4n) is 7.27. The van der Waals surface area contributed by atoms with Crippen molar-refractivity contribution in [2.45, 2.75) is 45.4 Å². The Morgan fingerprint density at radius 3 is 2.44 bits per heavy atom. The van der Waals surface area contributed by atoms with E-state index in [1.807, 2.05) is 6.07 Å². The highest BCUT2D eigenvalue weighted by molar-refractivity contribution is 6.22. The maximum Gasteiger partial charge on any atom is 0.340 e. The van der Waals surface area contributed by atoms with Crippen molar-refractivity contribution in [1.82, 2.24) is 4.90 Å². The molecule has 0 aromatic heterocycles. The number of para-hydroxylation sites is 1. The van der Waals surface area contributed by atoms with Crippen molar-refractivity contribution >= 4 is 29.5 Å². The first kappa shape index (κ1) is 29.1. The van der Waals surface area contributed by atoms with Gasteiger partial charge in [0.05, 0.1) is 11.3 Å². The average molecular weight is 577 g/mol. The minimum absolute atomic E-state index is 0.153. The lowest BCUT2D eigenvalue weighted by Crippen LogP contribution is -2.53. The number of piperidine rings is 1. The number of carbonyl (C=O) groups excluding carboxylic acids is 3. The Morgan fingerprint density at radius 2 is 1.70 bits per heavy atom. The van der Waals surface area contributed by atoms with E-state index >= 15 is 0 Å². The summed E-state index contributed by atoms with van der Waals surface area (Å²) in [5, 5.41) is 0. The molecule has 6 heteroatoms. The first-order valence-electron chi connectivity index (χ1n) is 15.6. The molecule has 222 valence electrons. The molecule has 2 saturated heterocycles. The molecule has 1 unspecified atom stereocenters. The third-order valence-electron chi connectivity index (χ3n) is 9.39. The van der Waals surface area contributed by atoms with Crippen molar-refractivity contribution in [1.29, 1.82) is 0 Å². The number of fused-ring (bicyclic) bond motifs is 2. The zero-order valence-electron chi connectivity index (χ0n) is 24.9. The molecule has 2 amide bonds. The highest BCUT2D eigenvalue weighted by Gasteiger charge is 2.47. The van der Waals surface area contributed by atoms with Gasteiger partial charge in [-0.2, -0.15) is 0 Å². The molecule has 1 aliphatic carbocycles. The molecule has 43 heavy (non-hydrogen) atoms. The number of nitrogens with zero attached hydrogens (tertiary/aromatic N) is 2. The number of aryl methyl sites for hydroxylation is 1. The van der Waals surface area contributed by atoms with Crippen LogP contribution >= 0.6 is 0 Å². The van der Waals surface area contributed by atoms with Gasteiger partial charge in [-0.3, -0.25) is 9.59 Å². The van der Waals surface area contributed by atoms with Gasteiger partial charge < -0.3 is 9.64 Å². The molecule has 2 bridgehead atoms. The van der Waals surface area contributed by atoms with Crippen LogP contribution in [0, 0.1) is 17.3 Å². The van der Waals surface area contributed by atoms with Gasteiger partial charge in [-0.15, -0.1) is 0 Å². The number of hydrogen-bond donors (Lipinski definition) is 0. The number of esters is 1. The Labute approximate surface area is 254 Å². The standard InChI is InChI=1S/C37H40N2O4/c1-27-22-34(40)39(35(27)41)33-19-9-8-18-31(33)36(42)43-26-37-20-10-17-30(32(37)23-29-14-6-3-7-15-29)24-38(25-37)21-11-16-28-12-4-2-5-13-28/h2-9,12-15,18-19,23,27,30H,10-11,16-17,20-22,24-26H2,1H3/b32-23+/t27?,30-,37+/m0/s1. The predicted octanol–water partition coefficient (Wildman–Crippen LogP) is 6.56. The van der Waals surface area contributed by atoms with Crippen molar-refractivity contribution in [2.75, 3.05) is 31.1 Å². The number of ether oxygens (including phenoxy) is 1. The molecular weight excluding hydrogens is 536 g/mol. The van der Waals surface area contributed by atoms with E-state index in [1.165, 1.54) is 16.7 Å². The van der Waals surface area contributed by atoms with Crippen molar-refractivity contribution in [3.05, 3.63) is 107 Å². The summed E-state index contributed by atoms with van der Waals surface area (Å²) >= 11 is 0. The van der Waals surface area contributed by atoms with E-state index in [9.17, 15) is 14.4 Å². The fraction of sp³-hybridized carbons (Fsp3) is 0.378. The normalized spacial score (nSPS) is 24.9. The number of anilines is 1. The van der Waals surface area contributed by atoms with Crippen LogP contribution in [-0.4, -0.2) is 48.9 Å². The van der Waals surface area contributed by atoms with E-state index < -0.39 is 11.9 Å². The molecule has 3 atom stereocenters. The number of imide groups is 1. The number of rotatable bonds is 9. The number of carbonyl (C=O) groups is 3. The summed E-state index contributed by atoms with van der Waals surface area (Å²) < 4.78 is 6.18. The molecule has 3 aromatic rings. The van der Waals surface area contributed by atoms with Crippen LogP contribution < -0.4 is 4.90 Å². The Morgan fingerprint density at radius 1 is 0.977 bits per heavy atom. The summed E-state index contributed by atoms with van der Waals surface area (Å²) in [5.74, 6) is -1.03. The minimum Gasteiger partial charge on any atom is -0.461 e. The molecule has 3 fully saturated rings. The smallest absolute Gasteiger partial charge is 0.340 e. The van der Waals surface area contributed by atoms with Gasteiger partial charge in [-0.05, 0) is 61.4 Å². The monoisotopic (exact) mass is 576 g/mol. The quantitative estimate of drug-likeness (QED) is 0.213. The van der Waals surface area contributed by atoms with Crippen LogP contribution in [-0.2, 0) is 20.7 Å². The summed E-state index contributed by atoms with van der Waals surface area (Å²) in [7, 11) is 0. The SMILES string of the molecule is CC1CC(=O)N(c2ccccc2C(=O)OC[C@@]23CCC[C@@H](CN(CCCc4ccccc4)C2)/C3=C\c2ccccc2)C1=O. The van der Waals surface area contributed by atoms with Crippen LogP contribution in [0.25, 0.3) is 6.08 Å². The summed E-state index contributed by atoms with van der Waals surface area (Å²) in [5.41, 5.74) is 4.19. The van der Waals surface area contributed by atoms with E-state index in [0.717, 1.165) is 56.6 Å². The van der Waals surface area contributed by atoms with Crippen LogP contribution in [0.15, 0.2) is 90.5 Å². The van der Waals surface area contributed by atoms with Gasteiger partial charge in [-0.1, -0.05) is 97.8 Å². The highest BCUT2D eigenvalue weighted by atomic mass is 16.5. The lowest BCUT2D eigenvalue weighted by Gasteiger charge is -2.51. The van der Waals surface area contributed by atoms with Gasteiger partial charge in [0.2, 0.25) is 11.8 Å². The number of amides is 2. The fourth-order valence-corrected chi connectivity index (χ4v) is 7.27. The molecule has 3 aromatic carbocycles. The topological polar surface area (TPSA) is 66.9 Å². The maximum atomic E-state index is 13.7. The summed E-state index contributed by atoms with van der Waals surface area (Å²) in [6.45, 7) is 4.87. The van der Waals surface area contributed by atoms with Crippen molar-refractivity contribution in [3.8, 4) is 0 Å². The van der Waals surface area contributed by atoms with E-state index in [-0.39, 0.29) is 35.8 Å². The molecular formula is C37H40N2O4. The second-order valence-corrected chi connectivity index (χ2v) is 12.5. The van der Waals surface area contributed by atoms with Crippen molar-refractivity contribution < 1.29 is 19.1 Å². The molecule has 0 N–H and O–H groups in total. The third-order valence-corrected chi connectivity index (χ3v) is 9.39. The first-order chi connectivity index (χ1) is 20.9. The first-order valence-corrected chi connectivity index (χ1v) is 15.6. The molecule has 1 saturated carbocycles. The van der Waals surface area contributed by atoms with Crippen molar-refractivity contribution in [2.24, 2.45) is 17.3 Å². The van der Waals surface area contributed by atoms with Gasteiger partial charge in [-0.25, -0.2) is 9.69 Å². The van der Waals surface area contributed by atoms with E-state index in [0.29, 0.717) is 11.6 Å². The molecule has 6 rings (SSSR count). The second kappa shape index (κ2) is 12.7. The Bertz CT molecular complexity index is 1500. The lowest BCUT2D eigenvalue weighted by molar-refractivity contribution is -0.122. The largest absolute Gasteiger partial charge is 0.461 e. The summed E-state index contributed by atoms with van der Waals surface area (Å²) in [6, 6.07) is 27.9. The minimum atomic E-state index is -0.493. The van der Waals surface area contributed by atoms with Crippen LogP contribution in [0.4, 0.5) is 5.69 Å². The third kappa shape index (κ3) is 6.21. The molecule has 2 aliphatic heterocycles. The van der Waals surface area contributed by atoms with Gasteiger partial charge in [0, 0.05) is 30.8 Å². The predicted molar refractivity (Wildman–Crippen MR) is 168 cm³/mol. The maximum absolute atomic E-state index is 13.7. The molecule has 0 radical (unpaired) electrons. The summed E-state index contributed by atoms with van der Waals surface area (Å²) in [4.78, 5) is 42.9. The van der Waals surface area contributed by atoms with Gasteiger partial charge in [0.25, 0.3) is 0 Å². The van der Waals surface area contributed by atoms with Crippen LogP contribution in [0.1, 0.15) is 60.5 Å². The van der Waals surface area contributed by atoms with E-state index in [2.05, 4.69) is 65.6 Å². The molecule has 3 aliphatic rings. The number of hydrogen-bond acceptors (Lipinski definition) is 5.